The van der Waals surface area contributed by atoms with E-state index in [4.69, 9.17) is 0 Å². The quantitative estimate of drug-likeness (QED) is 0.219. The lowest BCUT2D eigenvalue weighted by atomic mass is 9.85. The van der Waals surface area contributed by atoms with Crippen molar-refractivity contribution in [1.29, 1.82) is 0 Å². The van der Waals surface area contributed by atoms with E-state index in [2.05, 4.69) is 133 Å². The molecule has 40 heavy (non-hydrogen) atoms. The number of nitrogens with zero attached hydrogens (tertiary/aromatic N) is 2. The van der Waals surface area contributed by atoms with Crippen molar-refractivity contribution in [3.63, 3.8) is 0 Å². The zero-order chi connectivity index (χ0) is 27.1. The van der Waals surface area contributed by atoms with Crippen LogP contribution in [-0.2, 0) is 0 Å². The molecule has 0 bridgehead atoms. The first-order valence-corrected chi connectivity index (χ1v) is 13.6. The average molecular weight is 513 g/mol. The van der Waals surface area contributed by atoms with Crippen molar-refractivity contribution in [3.8, 4) is 44.5 Å². The van der Waals surface area contributed by atoms with Gasteiger partial charge in [0.1, 0.15) is 0 Å². The number of fused-ring (bicyclic) bond motifs is 2. The van der Waals surface area contributed by atoms with E-state index in [0.29, 0.717) is 0 Å². The summed E-state index contributed by atoms with van der Waals surface area (Å²) >= 11 is 0. The Morgan fingerprint density at radius 1 is 0.350 bits per heavy atom. The SMILES string of the molecule is Cc1cncc(-c2cccc(-c3c4ccccc4c(-c4cccc(-c5cncc(C)c5)c4)c4ccccc34)c2)c1. The predicted octanol–water partition coefficient (Wildman–Crippen LogP) is 10.1. The Kier molecular flexibility index (Phi) is 5.94. The second-order valence-electron chi connectivity index (χ2n) is 10.5. The summed E-state index contributed by atoms with van der Waals surface area (Å²) in [5.74, 6) is 0. The molecule has 0 aliphatic carbocycles. The van der Waals surface area contributed by atoms with Gasteiger partial charge in [-0.1, -0.05) is 84.9 Å². The minimum absolute atomic E-state index is 1.13. The molecule has 7 aromatic rings. The normalized spacial score (nSPS) is 11.2. The van der Waals surface area contributed by atoms with Crippen molar-refractivity contribution >= 4 is 21.5 Å². The highest BCUT2D eigenvalue weighted by Gasteiger charge is 2.17. The van der Waals surface area contributed by atoms with Gasteiger partial charge in [-0.2, -0.15) is 0 Å². The first-order chi connectivity index (χ1) is 19.7. The van der Waals surface area contributed by atoms with Gasteiger partial charge in [0.25, 0.3) is 0 Å². The van der Waals surface area contributed by atoms with Gasteiger partial charge in [0.05, 0.1) is 0 Å². The van der Waals surface area contributed by atoms with Crippen LogP contribution in [-0.4, -0.2) is 9.97 Å². The second-order valence-corrected chi connectivity index (χ2v) is 10.5. The van der Waals surface area contributed by atoms with Gasteiger partial charge in [-0.15, -0.1) is 0 Å². The Labute approximate surface area is 234 Å². The Bertz CT molecular complexity index is 1830. The van der Waals surface area contributed by atoms with Gasteiger partial charge >= 0.3 is 0 Å². The number of aryl methyl sites for hydroxylation is 2. The Balaban J connectivity index is 1.49. The van der Waals surface area contributed by atoms with Crippen molar-refractivity contribution in [2.75, 3.05) is 0 Å². The summed E-state index contributed by atoms with van der Waals surface area (Å²) in [4.78, 5) is 8.88. The Hall–Kier alpha value is -5.08. The van der Waals surface area contributed by atoms with E-state index in [0.717, 1.165) is 22.3 Å². The Morgan fingerprint density at radius 2 is 0.725 bits per heavy atom. The van der Waals surface area contributed by atoms with E-state index in [1.54, 1.807) is 0 Å². The molecule has 0 radical (unpaired) electrons. The van der Waals surface area contributed by atoms with Crippen LogP contribution in [0.25, 0.3) is 66.1 Å². The molecule has 0 amide bonds. The lowest BCUT2D eigenvalue weighted by Crippen LogP contribution is -1.92. The van der Waals surface area contributed by atoms with E-state index in [1.807, 2.05) is 24.8 Å². The van der Waals surface area contributed by atoms with Crippen molar-refractivity contribution in [1.82, 2.24) is 9.97 Å². The summed E-state index contributed by atoms with van der Waals surface area (Å²) in [6.45, 7) is 4.18. The van der Waals surface area contributed by atoms with Crippen LogP contribution >= 0.6 is 0 Å². The number of aromatic nitrogens is 2. The summed E-state index contributed by atoms with van der Waals surface area (Å²) in [6.07, 6.45) is 7.69. The molecule has 0 spiro atoms. The van der Waals surface area contributed by atoms with E-state index in [9.17, 15) is 0 Å². The van der Waals surface area contributed by atoms with Crippen LogP contribution in [0.2, 0.25) is 0 Å². The molecule has 0 aliphatic heterocycles. The molecular weight excluding hydrogens is 484 g/mol. The Morgan fingerprint density at radius 3 is 1.10 bits per heavy atom. The maximum atomic E-state index is 4.44. The van der Waals surface area contributed by atoms with Crippen LogP contribution in [0.5, 0.6) is 0 Å². The van der Waals surface area contributed by atoms with Crippen LogP contribution in [0, 0.1) is 13.8 Å². The fourth-order valence-corrected chi connectivity index (χ4v) is 5.88. The van der Waals surface area contributed by atoms with Gasteiger partial charge in [0, 0.05) is 35.9 Å². The molecule has 2 heterocycles. The minimum atomic E-state index is 1.13. The molecule has 2 nitrogen and oxygen atoms in total. The van der Waals surface area contributed by atoms with Crippen LogP contribution in [0.3, 0.4) is 0 Å². The number of rotatable bonds is 4. The molecular formula is C38H28N2. The summed E-state index contributed by atoms with van der Waals surface area (Å²) in [6, 6.07) is 39.7. The molecule has 0 N–H and O–H groups in total. The van der Waals surface area contributed by atoms with Crippen LogP contribution < -0.4 is 0 Å². The highest BCUT2D eigenvalue weighted by atomic mass is 14.6. The highest BCUT2D eigenvalue weighted by Crippen LogP contribution is 2.44. The summed E-state index contributed by atoms with van der Waals surface area (Å²) < 4.78 is 0. The molecule has 0 saturated carbocycles. The predicted molar refractivity (Wildman–Crippen MR) is 168 cm³/mol. The third-order valence-electron chi connectivity index (χ3n) is 7.65. The summed E-state index contributed by atoms with van der Waals surface area (Å²) in [7, 11) is 0. The number of pyridine rings is 2. The van der Waals surface area contributed by atoms with Gasteiger partial charge in [-0.05, 0) is 104 Å². The largest absolute Gasteiger partial charge is 0.264 e. The summed E-state index contributed by atoms with van der Waals surface area (Å²) in [5, 5.41) is 4.99. The van der Waals surface area contributed by atoms with E-state index < -0.39 is 0 Å². The highest BCUT2D eigenvalue weighted by molar-refractivity contribution is 6.21. The molecule has 7 rings (SSSR count). The van der Waals surface area contributed by atoms with Crippen molar-refractivity contribution in [3.05, 3.63) is 145 Å². The maximum absolute atomic E-state index is 4.44. The zero-order valence-corrected chi connectivity index (χ0v) is 22.6. The first-order valence-electron chi connectivity index (χ1n) is 13.6. The van der Waals surface area contributed by atoms with Crippen LogP contribution in [0.15, 0.2) is 134 Å². The monoisotopic (exact) mass is 512 g/mol. The fourth-order valence-electron chi connectivity index (χ4n) is 5.88. The van der Waals surface area contributed by atoms with Gasteiger partial charge in [-0.3, -0.25) is 9.97 Å². The van der Waals surface area contributed by atoms with E-state index in [-0.39, 0.29) is 0 Å². The molecule has 0 saturated heterocycles. The van der Waals surface area contributed by atoms with Gasteiger partial charge < -0.3 is 0 Å². The van der Waals surface area contributed by atoms with Crippen LogP contribution in [0.4, 0.5) is 0 Å². The molecule has 0 atom stereocenters. The standard InChI is InChI=1S/C38H28N2/c1-25-17-31(23-39-21-25)27-9-7-11-29(19-27)37-33-13-3-5-15-35(33)38(36-16-6-4-14-34(36)37)30-12-8-10-28(20-30)32-18-26(2)22-40-24-32/h3-24H,1-2H3. The smallest absolute Gasteiger partial charge is 0.0346 e. The summed E-state index contributed by atoms with van der Waals surface area (Å²) in [5.41, 5.74) is 11.9. The van der Waals surface area contributed by atoms with Crippen molar-refractivity contribution in [2.45, 2.75) is 13.8 Å². The van der Waals surface area contributed by atoms with Gasteiger partial charge in [0.2, 0.25) is 0 Å². The molecule has 2 heteroatoms. The van der Waals surface area contributed by atoms with Gasteiger partial charge in [-0.25, -0.2) is 0 Å². The molecule has 0 fully saturated rings. The zero-order valence-electron chi connectivity index (χ0n) is 22.6. The lowest BCUT2D eigenvalue weighted by molar-refractivity contribution is 1.27. The first kappa shape index (κ1) is 24.0. The third-order valence-corrected chi connectivity index (χ3v) is 7.65. The number of benzene rings is 5. The van der Waals surface area contributed by atoms with Crippen molar-refractivity contribution in [2.24, 2.45) is 0 Å². The van der Waals surface area contributed by atoms with Gasteiger partial charge in [0.15, 0.2) is 0 Å². The van der Waals surface area contributed by atoms with Crippen molar-refractivity contribution < 1.29 is 0 Å². The topological polar surface area (TPSA) is 25.8 Å². The average Bonchev–Trinajstić information content (AvgIpc) is 3.00. The third kappa shape index (κ3) is 4.24. The maximum Gasteiger partial charge on any atom is 0.0346 e. The molecule has 190 valence electrons. The fraction of sp³-hybridized carbons (Fsp3) is 0.0526. The molecule has 0 unspecified atom stereocenters. The molecule has 5 aromatic carbocycles. The second kappa shape index (κ2) is 9.91. The minimum Gasteiger partial charge on any atom is -0.264 e. The molecule has 0 aliphatic rings. The van der Waals surface area contributed by atoms with E-state index in [1.165, 1.54) is 54.9 Å². The van der Waals surface area contributed by atoms with E-state index >= 15 is 0 Å². The van der Waals surface area contributed by atoms with Crippen LogP contribution in [0.1, 0.15) is 11.1 Å². The number of hydrogen-bond donors (Lipinski definition) is 0. The molecule has 2 aromatic heterocycles. The number of hydrogen-bond acceptors (Lipinski definition) is 2. The lowest BCUT2D eigenvalue weighted by Gasteiger charge is -2.18.